The lowest BCUT2D eigenvalue weighted by Gasteiger charge is -2.19. The van der Waals surface area contributed by atoms with E-state index in [4.69, 9.17) is 16.8 Å². The Morgan fingerprint density at radius 2 is 0.940 bits per heavy atom. The van der Waals surface area contributed by atoms with E-state index in [0.717, 1.165) is 44.0 Å². The normalized spacial score (nSPS) is 15.3. The van der Waals surface area contributed by atoms with E-state index in [0.29, 0.717) is 16.5 Å². The second-order valence-corrected chi connectivity index (χ2v) is 12.2. The molecule has 0 fully saturated rings. The standard InChI is InChI=1S/C49H32O/c1-3-13-32(14-4-1)29-44-39-19-9-11-21-41(39)49(42-22-12-10-20-40(42)44)43-26-25-36(37-17-7-8-18-38(37)43)35-24-28-48-46(31-35)45-30-34(23-27-47(45)50-48)33-15-5-2-6-16-33/h1-28,30-31H,29H2/i1D,3D,4D,9D,10D,11D,12D,13D,14D,19D,20D,21D,22D. The zero-order valence-electron chi connectivity index (χ0n) is 39.4. The van der Waals surface area contributed by atoms with Gasteiger partial charge in [0.1, 0.15) is 11.2 Å². The highest BCUT2D eigenvalue weighted by molar-refractivity contribution is 6.20. The molecule has 0 aliphatic heterocycles. The molecule has 0 bridgehead atoms. The number of hydrogen-bond donors (Lipinski definition) is 0. The predicted molar refractivity (Wildman–Crippen MR) is 212 cm³/mol. The van der Waals surface area contributed by atoms with Crippen LogP contribution in [0.25, 0.3) is 87.6 Å². The zero-order valence-corrected chi connectivity index (χ0v) is 26.4. The molecule has 1 heterocycles. The highest BCUT2D eigenvalue weighted by Gasteiger charge is 2.19. The summed E-state index contributed by atoms with van der Waals surface area (Å²) in [6, 6.07) is 26.2. The maximum Gasteiger partial charge on any atom is 0.135 e. The minimum atomic E-state index is -0.617. The highest BCUT2D eigenvalue weighted by atomic mass is 16.3. The Balaban J connectivity index is 1.29. The predicted octanol–water partition coefficient (Wildman–Crippen LogP) is 13.6. The van der Waals surface area contributed by atoms with Crippen LogP contribution in [0.1, 0.15) is 28.9 Å². The van der Waals surface area contributed by atoms with Crippen molar-refractivity contribution in [3.05, 3.63) is 193 Å². The Kier molecular flexibility index (Phi) is 4.26. The second-order valence-electron chi connectivity index (χ2n) is 12.2. The van der Waals surface area contributed by atoms with Gasteiger partial charge in [0.25, 0.3) is 0 Å². The van der Waals surface area contributed by atoms with Crippen LogP contribution in [-0.4, -0.2) is 0 Å². The van der Waals surface area contributed by atoms with Crippen molar-refractivity contribution >= 4 is 54.3 Å². The summed E-state index contributed by atoms with van der Waals surface area (Å²) in [5.74, 6) is 0. The van der Waals surface area contributed by atoms with Crippen LogP contribution in [0.4, 0.5) is 0 Å². The molecule has 0 saturated heterocycles. The van der Waals surface area contributed by atoms with Crippen LogP contribution in [0, 0.1) is 0 Å². The lowest BCUT2D eigenvalue weighted by Crippen LogP contribution is -1.96. The molecule has 10 aromatic rings. The van der Waals surface area contributed by atoms with E-state index < -0.39 is 85.0 Å². The maximum absolute atomic E-state index is 9.40. The molecule has 0 unspecified atom stereocenters. The van der Waals surface area contributed by atoms with Gasteiger partial charge in [0.15, 0.2) is 0 Å². The Morgan fingerprint density at radius 3 is 1.62 bits per heavy atom. The lowest BCUT2D eigenvalue weighted by molar-refractivity contribution is 0.669. The van der Waals surface area contributed by atoms with Gasteiger partial charge in [-0.1, -0.05) is 157 Å². The molecule has 0 saturated carbocycles. The minimum Gasteiger partial charge on any atom is -0.456 e. The number of hydrogen-bond acceptors (Lipinski definition) is 1. The first-order chi connectivity index (χ1) is 30.2. The van der Waals surface area contributed by atoms with Crippen molar-refractivity contribution in [3.63, 3.8) is 0 Å². The van der Waals surface area contributed by atoms with Crippen molar-refractivity contribution in [2.24, 2.45) is 0 Å². The molecule has 0 aliphatic rings. The molecule has 0 N–H and O–H groups in total. The van der Waals surface area contributed by atoms with Gasteiger partial charge in [-0.3, -0.25) is 0 Å². The third-order valence-electron chi connectivity index (χ3n) is 9.46. The van der Waals surface area contributed by atoms with E-state index in [2.05, 4.69) is 24.3 Å². The van der Waals surface area contributed by atoms with E-state index >= 15 is 0 Å². The quantitative estimate of drug-likeness (QED) is 0.169. The fourth-order valence-corrected chi connectivity index (χ4v) is 7.21. The average Bonchev–Trinajstić information content (AvgIpc) is 3.68. The molecule has 0 spiro atoms. The molecule has 0 atom stereocenters. The Labute approximate surface area is 308 Å². The van der Waals surface area contributed by atoms with Crippen LogP contribution >= 0.6 is 0 Å². The maximum atomic E-state index is 9.40. The summed E-state index contributed by atoms with van der Waals surface area (Å²) < 4.78 is 121. The molecule has 9 aromatic carbocycles. The van der Waals surface area contributed by atoms with Gasteiger partial charge in [-0.15, -0.1) is 0 Å². The van der Waals surface area contributed by atoms with Crippen LogP contribution < -0.4 is 0 Å². The van der Waals surface area contributed by atoms with Gasteiger partial charge in [0.05, 0.1) is 17.8 Å². The van der Waals surface area contributed by atoms with Gasteiger partial charge in [0.2, 0.25) is 0 Å². The zero-order chi connectivity index (χ0) is 44.3. The van der Waals surface area contributed by atoms with Crippen molar-refractivity contribution in [2.45, 2.75) is 6.42 Å². The summed E-state index contributed by atoms with van der Waals surface area (Å²) >= 11 is 0. The molecule has 0 amide bonds. The molecule has 50 heavy (non-hydrogen) atoms. The van der Waals surface area contributed by atoms with Gasteiger partial charge in [-0.25, -0.2) is 0 Å². The third kappa shape index (κ3) is 4.63. The van der Waals surface area contributed by atoms with Crippen LogP contribution in [0.15, 0.2) is 186 Å². The van der Waals surface area contributed by atoms with Crippen LogP contribution in [-0.2, 0) is 6.42 Å². The van der Waals surface area contributed by atoms with E-state index in [1.165, 1.54) is 0 Å². The summed E-state index contributed by atoms with van der Waals surface area (Å²) in [5, 5.41) is 3.03. The Morgan fingerprint density at radius 1 is 0.400 bits per heavy atom. The lowest BCUT2D eigenvalue weighted by atomic mass is 9.84. The van der Waals surface area contributed by atoms with Crippen molar-refractivity contribution in [2.75, 3.05) is 0 Å². The molecule has 1 aromatic heterocycles. The van der Waals surface area contributed by atoms with Crippen molar-refractivity contribution in [1.29, 1.82) is 0 Å². The van der Waals surface area contributed by atoms with E-state index in [1.54, 1.807) is 6.07 Å². The molecule has 10 rings (SSSR count). The Hall–Kier alpha value is -6.44. The number of furan rings is 1. The van der Waals surface area contributed by atoms with Crippen LogP contribution in [0.2, 0.25) is 0 Å². The first kappa shape index (κ1) is 18.4. The monoisotopic (exact) mass is 649 g/mol. The SMILES string of the molecule is [2H]c1c([2H])c([2H])c(Cc2c3c([2H])c([2H])c([2H])c([2H])c3c(-c3ccc(-c4ccc5oc6ccc(-c7ccccc7)cc6c5c4)c4ccccc34)c3c([2H])c([2H])c([2H])c([2H])c23)c([2H])c1[2H]. The van der Waals surface area contributed by atoms with Gasteiger partial charge in [0, 0.05) is 10.8 Å². The smallest absolute Gasteiger partial charge is 0.135 e. The van der Waals surface area contributed by atoms with E-state index in [1.807, 2.05) is 72.8 Å². The summed E-state index contributed by atoms with van der Waals surface area (Å²) in [7, 11) is 0. The number of rotatable bonds is 5. The average molecular weight is 650 g/mol. The van der Waals surface area contributed by atoms with Crippen LogP contribution in [0.5, 0.6) is 0 Å². The van der Waals surface area contributed by atoms with Crippen molar-refractivity contribution in [3.8, 4) is 33.4 Å². The van der Waals surface area contributed by atoms with Gasteiger partial charge < -0.3 is 4.42 Å². The molecule has 1 heteroatoms. The molecule has 0 radical (unpaired) electrons. The van der Waals surface area contributed by atoms with Gasteiger partial charge >= 0.3 is 0 Å². The third-order valence-corrected chi connectivity index (χ3v) is 9.46. The molecule has 0 aliphatic carbocycles. The molecular weight excluding hydrogens is 605 g/mol. The van der Waals surface area contributed by atoms with E-state index in [9.17, 15) is 5.48 Å². The fraction of sp³-hybridized carbons (Fsp3) is 0.0204. The summed E-state index contributed by atoms with van der Waals surface area (Å²) in [6.45, 7) is 0. The largest absolute Gasteiger partial charge is 0.456 e. The first-order valence-electron chi connectivity index (χ1n) is 22.7. The number of benzene rings is 9. The van der Waals surface area contributed by atoms with E-state index in [-0.39, 0.29) is 38.2 Å². The minimum absolute atomic E-state index is 0.0155. The topological polar surface area (TPSA) is 13.1 Å². The summed E-state index contributed by atoms with van der Waals surface area (Å²) in [5.41, 5.74) is 5.65. The van der Waals surface area contributed by atoms with Crippen molar-refractivity contribution < 1.29 is 22.2 Å². The first-order valence-corrected chi connectivity index (χ1v) is 16.2. The summed E-state index contributed by atoms with van der Waals surface area (Å²) in [4.78, 5) is 0. The fourth-order valence-electron chi connectivity index (χ4n) is 7.21. The Bertz CT molecular complexity index is 3520. The van der Waals surface area contributed by atoms with Gasteiger partial charge in [-0.2, -0.15) is 0 Å². The van der Waals surface area contributed by atoms with Gasteiger partial charge in [-0.05, 0) is 108 Å². The molecule has 1 nitrogen and oxygen atoms in total. The highest BCUT2D eigenvalue weighted by Crippen LogP contribution is 2.45. The number of fused-ring (bicyclic) bond motifs is 6. The van der Waals surface area contributed by atoms with Crippen LogP contribution in [0.3, 0.4) is 0 Å². The second kappa shape index (κ2) is 11.6. The molecule has 234 valence electrons. The summed E-state index contributed by atoms with van der Waals surface area (Å²) in [6.07, 6.45) is -0.495. The molecular formula is C49H32O. The van der Waals surface area contributed by atoms with Crippen molar-refractivity contribution in [1.82, 2.24) is 0 Å².